The van der Waals surface area contributed by atoms with E-state index in [1.54, 1.807) is 17.9 Å². The molecule has 1 aromatic heterocycles. The molecular formula is C8H13F3N4O. The van der Waals surface area contributed by atoms with Crippen molar-refractivity contribution in [2.75, 3.05) is 19.8 Å². The second kappa shape index (κ2) is 5.80. The van der Waals surface area contributed by atoms with Gasteiger partial charge in [0.15, 0.2) is 0 Å². The molecule has 5 nitrogen and oxygen atoms in total. The molecule has 0 aromatic carbocycles. The van der Waals surface area contributed by atoms with Gasteiger partial charge in [0.1, 0.15) is 6.61 Å². The quantitative estimate of drug-likeness (QED) is 0.732. The molecule has 1 N–H and O–H groups in total. The van der Waals surface area contributed by atoms with Gasteiger partial charge in [-0.15, -0.1) is 5.10 Å². The third kappa shape index (κ3) is 5.66. The average molecular weight is 238 g/mol. The fourth-order valence-electron chi connectivity index (χ4n) is 1.02. The summed E-state index contributed by atoms with van der Waals surface area (Å²) < 4.78 is 41.0. The van der Waals surface area contributed by atoms with Gasteiger partial charge in [-0.25, -0.2) is 0 Å². The van der Waals surface area contributed by atoms with Gasteiger partial charge in [0.05, 0.1) is 12.3 Å². The minimum Gasteiger partial charge on any atom is -0.371 e. The van der Waals surface area contributed by atoms with Crippen LogP contribution in [0.15, 0.2) is 6.20 Å². The van der Waals surface area contributed by atoms with E-state index in [9.17, 15) is 13.2 Å². The second-order valence-electron chi connectivity index (χ2n) is 3.23. The lowest BCUT2D eigenvalue weighted by Gasteiger charge is -2.07. The Kier molecular flexibility index (Phi) is 4.69. The van der Waals surface area contributed by atoms with Gasteiger partial charge in [0.2, 0.25) is 0 Å². The highest BCUT2D eigenvalue weighted by atomic mass is 19.4. The standard InChI is InChI=1S/C8H13F3N4O/c1-15-5-7(13-14-15)4-12-2-3-16-6-8(9,10)11/h5,12H,2-4,6H2,1H3. The van der Waals surface area contributed by atoms with Gasteiger partial charge in [-0.05, 0) is 0 Å². The van der Waals surface area contributed by atoms with Gasteiger partial charge in [-0.1, -0.05) is 5.21 Å². The summed E-state index contributed by atoms with van der Waals surface area (Å²) in [5.41, 5.74) is 0.735. The van der Waals surface area contributed by atoms with Gasteiger partial charge >= 0.3 is 6.18 Å². The van der Waals surface area contributed by atoms with Crippen molar-refractivity contribution in [1.29, 1.82) is 0 Å². The number of rotatable bonds is 6. The lowest BCUT2D eigenvalue weighted by Crippen LogP contribution is -2.23. The van der Waals surface area contributed by atoms with Crippen LogP contribution in [0.1, 0.15) is 5.69 Å². The molecule has 0 aliphatic heterocycles. The number of nitrogens with one attached hydrogen (secondary N) is 1. The minimum absolute atomic E-state index is 0.0137. The topological polar surface area (TPSA) is 52.0 Å². The Balaban J connectivity index is 2.00. The van der Waals surface area contributed by atoms with Crippen LogP contribution in [0.3, 0.4) is 0 Å². The van der Waals surface area contributed by atoms with Crippen molar-refractivity contribution in [3.8, 4) is 0 Å². The van der Waals surface area contributed by atoms with Gasteiger partial charge in [-0.3, -0.25) is 4.68 Å². The van der Waals surface area contributed by atoms with Crippen LogP contribution in [-0.2, 0) is 18.3 Å². The Labute approximate surface area is 90.6 Å². The SMILES string of the molecule is Cn1cc(CNCCOCC(F)(F)F)nn1. The number of alkyl halides is 3. The number of hydrogen-bond donors (Lipinski definition) is 1. The third-order valence-electron chi connectivity index (χ3n) is 1.65. The van der Waals surface area contributed by atoms with E-state index >= 15 is 0 Å². The van der Waals surface area contributed by atoms with E-state index in [-0.39, 0.29) is 6.61 Å². The van der Waals surface area contributed by atoms with Crippen LogP contribution in [0.2, 0.25) is 0 Å². The van der Waals surface area contributed by atoms with E-state index in [0.717, 1.165) is 5.69 Å². The van der Waals surface area contributed by atoms with Crippen molar-refractivity contribution in [3.05, 3.63) is 11.9 Å². The molecule has 16 heavy (non-hydrogen) atoms. The Morgan fingerprint density at radius 1 is 1.50 bits per heavy atom. The van der Waals surface area contributed by atoms with Crippen LogP contribution >= 0.6 is 0 Å². The zero-order valence-electron chi connectivity index (χ0n) is 8.79. The minimum atomic E-state index is -4.26. The van der Waals surface area contributed by atoms with Crippen LogP contribution in [0.25, 0.3) is 0 Å². The highest BCUT2D eigenvalue weighted by Gasteiger charge is 2.27. The van der Waals surface area contributed by atoms with Crippen molar-refractivity contribution >= 4 is 0 Å². The van der Waals surface area contributed by atoms with Crippen LogP contribution in [0.5, 0.6) is 0 Å². The highest BCUT2D eigenvalue weighted by molar-refractivity contribution is 4.90. The number of aromatic nitrogens is 3. The van der Waals surface area contributed by atoms with Crippen molar-refractivity contribution in [2.24, 2.45) is 7.05 Å². The van der Waals surface area contributed by atoms with Crippen LogP contribution in [0, 0.1) is 0 Å². The van der Waals surface area contributed by atoms with E-state index in [2.05, 4.69) is 20.4 Å². The zero-order valence-corrected chi connectivity index (χ0v) is 8.79. The van der Waals surface area contributed by atoms with Crippen molar-refractivity contribution in [2.45, 2.75) is 12.7 Å². The van der Waals surface area contributed by atoms with E-state index in [1.807, 2.05) is 0 Å². The summed E-state index contributed by atoms with van der Waals surface area (Å²) in [6, 6.07) is 0. The Bertz CT molecular complexity index is 312. The highest BCUT2D eigenvalue weighted by Crippen LogP contribution is 2.13. The molecule has 1 heterocycles. The maximum absolute atomic E-state index is 11.7. The molecule has 0 aliphatic rings. The van der Waals surface area contributed by atoms with Gasteiger partial charge in [0, 0.05) is 26.3 Å². The summed E-state index contributed by atoms with van der Waals surface area (Å²) in [7, 11) is 1.74. The molecule has 0 spiro atoms. The van der Waals surface area contributed by atoms with E-state index < -0.39 is 12.8 Å². The molecule has 92 valence electrons. The van der Waals surface area contributed by atoms with E-state index in [1.165, 1.54) is 0 Å². The third-order valence-corrected chi connectivity index (χ3v) is 1.65. The molecule has 0 unspecified atom stereocenters. The first-order valence-electron chi connectivity index (χ1n) is 4.68. The molecule has 0 amide bonds. The molecule has 0 fully saturated rings. The number of ether oxygens (including phenoxy) is 1. The number of hydrogen-bond acceptors (Lipinski definition) is 4. The second-order valence-corrected chi connectivity index (χ2v) is 3.23. The fraction of sp³-hybridized carbons (Fsp3) is 0.750. The molecule has 0 radical (unpaired) electrons. The number of nitrogens with zero attached hydrogens (tertiary/aromatic N) is 3. The van der Waals surface area contributed by atoms with Crippen LogP contribution in [-0.4, -0.2) is 40.9 Å². The zero-order chi connectivity index (χ0) is 12.0. The lowest BCUT2D eigenvalue weighted by molar-refractivity contribution is -0.173. The van der Waals surface area contributed by atoms with E-state index in [0.29, 0.717) is 13.1 Å². The Hall–Kier alpha value is -1.15. The Morgan fingerprint density at radius 2 is 2.25 bits per heavy atom. The van der Waals surface area contributed by atoms with Crippen molar-refractivity contribution in [3.63, 3.8) is 0 Å². The number of halogens is 3. The largest absolute Gasteiger partial charge is 0.411 e. The summed E-state index contributed by atoms with van der Waals surface area (Å²) >= 11 is 0. The van der Waals surface area contributed by atoms with Gasteiger partial charge in [-0.2, -0.15) is 13.2 Å². The average Bonchev–Trinajstić information content (AvgIpc) is 2.56. The predicted molar refractivity (Wildman–Crippen MR) is 49.6 cm³/mol. The first-order valence-corrected chi connectivity index (χ1v) is 4.68. The summed E-state index contributed by atoms with van der Waals surface area (Å²) in [4.78, 5) is 0. The normalized spacial score (nSPS) is 12.0. The molecular weight excluding hydrogens is 225 g/mol. The van der Waals surface area contributed by atoms with Crippen LogP contribution in [0.4, 0.5) is 13.2 Å². The van der Waals surface area contributed by atoms with Crippen LogP contribution < -0.4 is 5.32 Å². The van der Waals surface area contributed by atoms with Crippen molar-refractivity contribution < 1.29 is 17.9 Å². The molecule has 0 saturated heterocycles. The molecule has 0 aliphatic carbocycles. The Morgan fingerprint density at radius 3 is 2.81 bits per heavy atom. The lowest BCUT2D eigenvalue weighted by atomic mass is 10.4. The maximum Gasteiger partial charge on any atom is 0.411 e. The maximum atomic E-state index is 11.7. The summed E-state index contributed by atoms with van der Waals surface area (Å²) in [5, 5.41) is 10.4. The number of aryl methyl sites for hydroxylation is 1. The predicted octanol–water partition coefficient (Wildman–Crippen LogP) is 0.484. The summed E-state index contributed by atoms with van der Waals surface area (Å²) in [6.07, 6.45) is -2.53. The molecule has 0 bridgehead atoms. The molecule has 0 saturated carbocycles. The summed E-state index contributed by atoms with van der Waals surface area (Å²) in [5.74, 6) is 0. The van der Waals surface area contributed by atoms with E-state index in [4.69, 9.17) is 0 Å². The van der Waals surface area contributed by atoms with Crippen molar-refractivity contribution in [1.82, 2.24) is 20.3 Å². The first-order chi connectivity index (χ1) is 7.47. The molecule has 8 heteroatoms. The fourth-order valence-corrected chi connectivity index (χ4v) is 1.02. The first kappa shape index (κ1) is 12.9. The molecule has 0 atom stereocenters. The molecule has 1 rings (SSSR count). The van der Waals surface area contributed by atoms with Gasteiger partial charge in [0.25, 0.3) is 0 Å². The smallest absolute Gasteiger partial charge is 0.371 e. The van der Waals surface area contributed by atoms with Gasteiger partial charge < -0.3 is 10.1 Å². The monoisotopic (exact) mass is 238 g/mol. The summed E-state index contributed by atoms with van der Waals surface area (Å²) in [6.45, 7) is -0.393. The molecule has 1 aromatic rings.